The van der Waals surface area contributed by atoms with Gasteiger partial charge in [-0.2, -0.15) is 0 Å². The summed E-state index contributed by atoms with van der Waals surface area (Å²) in [6.45, 7) is 7.68. The van der Waals surface area contributed by atoms with E-state index < -0.39 is 0 Å². The summed E-state index contributed by atoms with van der Waals surface area (Å²) >= 11 is 5.24. The van der Waals surface area contributed by atoms with Crippen molar-refractivity contribution in [2.24, 2.45) is 0 Å². The van der Waals surface area contributed by atoms with Crippen LogP contribution in [-0.4, -0.2) is 51.1 Å². The van der Waals surface area contributed by atoms with Gasteiger partial charge in [-0.25, -0.2) is 0 Å². The number of likely N-dealkylation sites (tertiary alicyclic amines) is 1. The lowest BCUT2D eigenvalue weighted by atomic mass is 10.1. The first kappa shape index (κ1) is 26.4. The molecule has 0 amide bonds. The summed E-state index contributed by atoms with van der Waals surface area (Å²) in [5.74, 6) is 0.705. The van der Waals surface area contributed by atoms with Gasteiger partial charge in [-0.05, 0) is 26.3 Å². The maximum Gasteiger partial charge on any atom is 0.0782 e. The van der Waals surface area contributed by atoms with Crippen LogP contribution in [0.15, 0.2) is 0 Å². The lowest BCUT2D eigenvalue weighted by Crippen LogP contribution is -2.43. The Morgan fingerprint density at radius 2 is 1.41 bits per heavy atom. The highest BCUT2D eigenvalue weighted by atomic mass is 35.5. The van der Waals surface area contributed by atoms with Crippen molar-refractivity contribution in [3.63, 3.8) is 0 Å². The Labute approximate surface area is 126 Å². The number of nitrogens with zero attached hydrogens (tertiary/aromatic N) is 1. The van der Waals surface area contributed by atoms with Crippen LogP contribution in [0.5, 0.6) is 0 Å². The fourth-order valence-corrected chi connectivity index (χ4v) is 1.65. The minimum absolute atomic E-state index is 0. The highest BCUT2D eigenvalue weighted by Crippen LogP contribution is 2.12. The molecule has 1 rings (SSSR count). The van der Waals surface area contributed by atoms with E-state index in [0.717, 1.165) is 6.54 Å². The maximum atomic E-state index is 5.24. The summed E-state index contributed by atoms with van der Waals surface area (Å²) < 4.78 is 1.25. The van der Waals surface area contributed by atoms with Gasteiger partial charge in [0.2, 0.25) is 0 Å². The quantitative estimate of drug-likeness (QED) is 0.607. The third-order valence-corrected chi connectivity index (χ3v) is 2.56. The molecule has 5 heteroatoms. The van der Waals surface area contributed by atoms with Crippen LogP contribution in [0.2, 0.25) is 0 Å². The second kappa shape index (κ2) is 19.1. The lowest BCUT2D eigenvalue weighted by molar-refractivity contribution is -0.894. The van der Waals surface area contributed by atoms with E-state index in [4.69, 9.17) is 11.6 Å². The molecule has 1 N–H and O–H groups in total. The molecule has 17 heavy (non-hydrogen) atoms. The van der Waals surface area contributed by atoms with Crippen LogP contribution in [0.1, 0.15) is 33.1 Å². The molecule has 1 saturated heterocycles. The smallest absolute Gasteiger partial charge is 0.0782 e. The van der Waals surface area contributed by atoms with Crippen molar-refractivity contribution in [1.82, 2.24) is 5.32 Å². The second-order valence-corrected chi connectivity index (χ2v) is 4.61. The average molecular weight is 311 g/mol. The van der Waals surface area contributed by atoms with Crippen molar-refractivity contribution in [2.75, 3.05) is 46.7 Å². The zero-order chi connectivity index (χ0) is 12.2. The highest BCUT2D eigenvalue weighted by molar-refractivity contribution is 6.18. The van der Waals surface area contributed by atoms with E-state index in [9.17, 15) is 0 Å². The van der Waals surface area contributed by atoms with Crippen molar-refractivity contribution in [2.45, 2.75) is 33.1 Å². The number of hydrogen-bond acceptors (Lipinski definition) is 1. The Hall–Kier alpha value is 0.790. The molecule has 0 aromatic rings. The van der Waals surface area contributed by atoms with E-state index in [1.807, 2.05) is 20.9 Å². The zero-order valence-corrected chi connectivity index (χ0v) is 14.5. The summed E-state index contributed by atoms with van der Waals surface area (Å²) in [5.41, 5.74) is 0. The molecule has 0 aromatic heterocycles. The monoisotopic (exact) mass is 309 g/mol. The van der Waals surface area contributed by atoms with Crippen LogP contribution < -0.4 is 5.32 Å². The topological polar surface area (TPSA) is 12.0 Å². The highest BCUT2D eigenvalue weighted by Gasteiger charge is 2.17. The molecule has 1 heterocycles. The fourth-order valence-electron chi connectivity index (χ4n) is 1.46. The van der Waals surface area contributed by atoms with Crippen LogP contribution >= 0.6 is 36.4 Å². The van der Waals surface area contributed by atoms with E-state index in [1.165, 1.54) is 36.8 Å². The number of alkyl halides is 1. The van der Waals surface area contributed by atoms with Crippen LogP contribution in [0.4, 0.5) is 0 Å². The summed E-state index contributed by atoms with van der Waals surface area (Å²) in [6, 6.07) is 0. The Kier molecular flexibility index (Phi) is 29.7. The van der Waals surface area contributed by atoms with E-state index in [2.05, 4.69) is 19.4 Å². The molecule has 0 aliphatic carbocycles. The second-order valence-electron chi connectivity index (χ2n) is 4.24. The molecule has 110 valence electrons. The molecule has 0 saturated carbocycles. The number of rotatable bonds is 2. The number of nitrogens with one attached hydrogen (secondary N) is 1. The van der Waals surface area contributed by atoms with Crippen molar-refractivity contribution in [1.29, 1.82) is 0 Å². The van der Waals surface area contributed by atoms with Crippen molar-refractivity contribution in [3.05, 3.63) is 0 Å². The predicted molar refractivity (Wildman–Crippen MR) is 86.2 cm³/mol. The molecule has 0 aromatic carbocycles. The first-order valence-electron chi connectivity index (χ1n) is 6.15. The van der Waals surface area contributed by atoms with Gasteiger partial charge < -0.3 is 9.80 Å². The number of quaternary nitrogens is 1. The van der Waals surface area contributed by atoms with Gasteiger partial charge in [0, 0.05) is 12.4 Å². The molecule has 2 nitrogen and oxygen atoms in total. The van der Waals surface area contributed by atoms with Crippen molar-refractivity contribution >= 4 is 36.4 Å². The van der Waals surface area contributed by atoms with Gasteiger partial charge in [-0.3, -0.25) is 0 Å². The summed E-state index contributed by atoms with van der Waals surface area (Å²) in [7, 11) is 6.51. The Bertz CT molecular complexity index is 112. The van der Waals surface area contributed by atoms with Crippen LogP contribution in [0.3, 0.4) is 0 Å². The largest absolute Gasteiger partial charge is 0.328 e. The minimum atomic E-state index is 0. The van der Waals surface area contributed by atoms with Crippen LogP contribution in [-0.2, 0) is 0 Å². The molecule has 1 aliphatic heterocycles. The van der Waals surface area contributed by atoms with E-state index in [0.29, 0.717) is 5.88 Å². The molecule has 1 fully saturated rings. The lowest BCUT2D eigenvalue weighted by Gasteiger charge is -2.33. The number of hydrogen-bond donors (Lipinski definition) is 1. The van der Waals surface area contributed by atoms with Crippen molar-refractivity contribution in [3.8, 4) is 0 Å². The average Bonchev–Trinajstić information content (AvgIpc) is 2.22. The third-order valence-electron chi connectivity index (χ3n) is 2.37. The molecule has 0 bridgehead atoms. The first-order valence-corrected chi connectivity index (χ1v) is 6.68. The number of piperidine rings is 1. The molecule has 0 atom stereocenters. The minimum Gasteiger partial charge on any atom is -0.328 e. The Morgan fingerprint density at radius 1 is 1.00 bits per heavy atom. The molecule has 0 spiro atoms. The maximum absolute atomic E-state index is 5.24. The fraction of sp³-hybridized carbons (Fsp3) is 1.00. The number of halogens is 3. The van der Waals surface area contributed by atoms with Gasteiger partial charge in [-0.15, -0.1) is 36.4 Å². The molecular formula is C12H32Cl3N2+. The van der Waals surface area contributed by atoms with Crippen LogP contribution in [0, 0.1) is 0 Å². The molecule has 1 aliphatic rings. The molecule has 0 unspecified atom stereocenters. The Morgan fingerprint density at radius 3 is 1.53 bits per heavy atom. The van der Waals surface area contributed by atoms with Gasteiger partial charge in [0.15, 0.2) is 0 Å². The van der Waals surface area contributed by atoms with Gasteiger partial charge in [-0.1, -0.05) is 13.8 Å². The van der Waals surface area contributed by atoms with Gasteiger partial charge in [0.05, 0.1) is 27.2 Å². The molecular weight excluding hydrogens is 279 g/mol. The van der Waals surface area contributed by atoms with Gasteiger partial charge in [0.1, 0.15) is 0 Å². The summed E-state index contributed by atoms with van der Waals surface area (Å²) in [4.78, 5) is 0. The first-order chi connectivity index (χ1) is 7.12. The van der Waals surface area contributed by atoms with E-state index in [1.54, 1.807) is 0 Å². The predicted octanol–water partition coefficient (Wildman–Crippen LogP) is 3.56. The summed E-state index contributed by atoms with van der Waals surface area (Å²) in [5, 5.41) is 2.89. The molecule has 0 radical (unpaired) electrons. The zero-order valence-electron chi connectivity index (χ0n) is 12.1. The van der Waals surface area contributed by atoms with Crippen molar-refractivity contribution < 1.29 is 4.48 Å². The van der Waals surface area contributed by atoms with Crippen LogP contribution in [0.25, 0.3) is 0 Å². The van der Waals surface area contributed by atoms with E-state index in [-0.39, 0.29) is 24.8 Å². The summed E-state index contributed by atoms with van der Waals surface area (Å²) in [6.07, 6.45) is 4.34. The normalized spacial score (nSPS) is 15.9. The van der Waals surface area contributed by atoms with Gasteiger partial charge >= 0.3 is 0 Å². The Balaban J connectivity index is -0.0000000838. The SMILES string of the molecule is CC.CNCCCl.C[N+]1(C)CCCCC1.Cl.Cl. The third kappa shape index (κ3) is 22.5. The standard InChI is InChI=1S/C7H16N.C3H8ClN.C2H6.2ClH/c1-8(2)6-4-3-5-7-8;1-5-3-2-4;1-2;;/h3-7H2,1-2H3;5H,2-3H2,1H3;1-2H3;2*1H/q+1;;;;. The van der Waals surface area contributed by atoms with E-state index >= 15 is 0 Å². The van der Waals surface area contributed by atoms with Gasteiger partial charge in [0.25, 0.3) is 0 Å².